The maximum Gasteiger partial charge on any atom is 0.322 e. The van der Waals surface area contributed by atoms with Crippen LogP contribution in [0.2, 0.25) is 0 Å². The van der Waals surface area contributed by atoms with Gasteiger partial charge in [0, 0.05) is 10.9 Å². The minimum atomic E-state index is -0.374. The van der Waals surface area contributed by atoms with Crippen LogP contribution in [0.4, 0.5) is 6.01 Å². The van der Waals surface area contributed by atoms with Crippen LogP contribution in [0.1, 0.15) is 10.4 Å². The summed E-state index contributed by atoms with van der Waals surface area (Å²) in [7, 11) is 0. The van der Waals surface area contributed by atoms with Gasteiger partial charge in [0.25, 0.3) is 11.8 Å². The zero-order chi connectivity index (χ0) is 20.3. The van der Waals surface area contributed by atoms with E-state index in [-0.39, 0.29) is 17.8 Å². The molecule has 2 heterocycles. The number of amides is 1. The van der Waals surface area contributed by atoms with Gasteiger partial charge in [-0.25, -0.2) is 0 Å². The molecule has 7 heteroatoms. The first kappa shape index (κ1) is 17.7. The summed E-state index contributed by atoms with van der Waals surface area (Å²) < 4.78 is 16.9. The lowest BCUT2D eigenvalue weighted by atomic mass is 10.2. The molecule has 0 spiro atoms. The lowest BCUT2D eigenvalue weighted by Crippen LogP contribution is -2.11. The Morgan fingerprint density at radius 2 is 1.53 bits per heavy atom. The molecule has 0 aliphatic carbocycles. The van der Waals surface area contributed by atoms with Crippen molar-refractivity contribution in [1.82, 2.24) is 10.2 Å². The molecule has 7 nitrogen and oxygen atoms in total. The summed E-state index contributed by atoms with van der Waals surface area (Å²) in [5, 5.41) is 11.3. The highest BCUT2D eigenvalue weighted by Crippen LogP contribution is 2.28. The summed E-state index contributed by atoms with van der Waals surface area (Å²) >= 11 is 0. The number of nitrogens with zero attached hydrogens (tertiary/aromatic N) is 2. The molecule has 1 N–H and O–H groups in total. The van der Waals surface area contributed by atoms with Crippen molar-refractivity contribution in [3.05, 3.63) is 90.5 Å². The number of hydrogen-bond acceptors (Lipinski definition) is 6. The fourth-order valence-corrected chi connectivity index (χ4v) is 2.93. The number of aromatic nitrogens is 2. The van der Waals surface area contributed by atoms with E-state index < -0.39 is 0 Å². The van der Waals surface area contributed by atoms with Crippen LogP contribution in [0.5, 0.6) is 11.5 Å². The van der Waals surface area contributed by atoms with Gasteiger partial charge in [0.2, 0.25) is 0 Å². The molecule has 5 aromatic rings. The maximum absolute atomic E-state index is 12.5. The van der Waals surface area contributed by atoms with Crippen LogP contribution in [0.25, 0.3) is 22.6 Å². The van der Waals surface area contributed by atoms with Gasteiger partial charge in [-0.2, -0.15) is 0 Å². The number of para-hydroxylation sites is 2. The first-order valence-electron chi connectivity index (χ1n) is 9.21. The zero-order valence-corrected chi connectivity index (χ0v) is 15.6. The predicted molar refractivity (Wildman–Crippen MR) is 110 cm³/mol. The molecule has 0 saturated carbocycles. The molecule has 5 rings (SSSR count). The molecule has 146 valence electrons. The van der Waals surface area contributed by atoms with E-state index in [0.29, 0.717) is 22.7 Å². The number of ether oxygens (including phenoxy) is 1. The molecule has 0 radical (unpaired) electrons. The molecular weight excluding hydrogens is 382 g/mol. The molecule has 0 aliphatic rings. The Morgan fingerprint density at radius 1 is 0.800 bits per heavy atom. The second kappa shape index (κ2) is 7.56. The van der Waals surface area contributed by atoms with E-state index in [0.717, 1.165) is 11.1 Å². The maximum atomic E-state index is 12.5. The number of benzene rings is 3. The van der Waals surface area contributed by atoms with Crippen molar-refractivity contribution >= 4 is 22.9 Å². The van der Waals surface area contributed by atoms with Crippen LogP contribution in [0.3, 0.4) is 0 Å². The molecule has 0 fully saturated rings. The Kier molecular flexibility index (Phi) is 4.46. The van der Waals surface area contributed by atoms with Gasteiger partial charge < -0.3 is 13.6 Å². The summed E-state index contributed by atoms with van der Waals surface area (Å²) in [4.78, 5) is 12.5. The van der Waals surface area contributed by atoms with E-state index in [1.165, 1.54) is 0 Å². The third-order valence-corrected chi connectivity index (χ3v) is 4.38. The molecule has 0 aliphatic heterocycles. The van der Waals surface area contributed by atoms with Gasteiger partial charge in [0.1, 0.15) is 17.1 Å². The highest BCUT2D eigenvalue weighted by Gasteiger charge is 2.16. The summed E-state index contributed by atoms with van der Waals surface area (Å²) in [5.74, 6) is 1.60. The van der Waals surface area contributed by atoms with Gasteiger partial charge in [-0.15, -0.1) is 5.10 Å². The zero-order valence-electron chi connectivity index (χ0n) is 15.6. The summed E-state index contributed by atoms with van der Waals surface area (Å²) in [6.45, 7) is 0. The fraction of sp³-hybridized carbons (Fsp3) is 0. The highest BCUT2D eigenvalue weighted by molar-refractivity contribution is 6.03. The number of carbonyl (C=O) groups is 1. The lowest BCUT2D eigenvalue weighted by molar-refractivity contribution is 0.102. The second-order valence-corrected chi connectivity index (χ2v) is 6.45. The minimum absolute atomic E-state index is 0.0138. The summed E-state index contributed by atoms with van der Waals surface area (Å²) in [5.41, 5.74) is 1.15. The van der Waals surface area contributed by atoms with Crippen molar-refractivity contribution in [3.63, 3.8) is 0 Å². The normalized spacial score (nSPS) is 10.8. The Bertz CT molecular complexity index is 1270. The summed E-state index contributed by atoms with van der Waals surface area (Å²) in [6, 6.07) is 25.5. The van der Waals surface area contributed by atoms with E-state index in [4.69, 9.17) is 13.6 Å². The molecule has 30 heavy (non-hydrogen) atoms. The third kappa shape index (κ3) is 3.64. The first-order valence-corrected chi connectivity index (χ1v) is 9.21. The van der Waals surface area contributed by atoms with Crippen molar-refractivity contribution in [2.24, 2.45) is 0 Å². The van der Waals surface area contributed by atoms with Crippen molar-refractivity contribution < 1.29 is 18.4 Å². The first-order chi connectivity index (χ1) is 14.7. The largest absolute Gasteiger partial charge is 0.457 e. The average Bonchev–Trinajstić information content (AvgIpc) is 3.42. The van der Waals surface area contributed by atoms with E-state index in [1.54, 1.807) is 30.3 Å². The number of hydrogen-bond donors (Lipinski definition) is 1. The fourth-order valence-electron chi connectivity index (χ4n) is 2.93. The van der Waals surface area contributed by atoms with Crippen molar-refractivity contribution in [1.29, 1.82) is 0 Å². The molecule has 1 amide bonds. The van der Waals surface area contributed by atoms with E-state index in [2.05, 4.69) is 15.5 Å². The minimum Gasteiger partial charge on any atom is -0.457 e. The van der Waals surface area contributed by atoms with Crippen molar-refractivity contribution in [2.45, 2.75) is 0 Å². The van der Waals surface area contributed by atoms with E-state index >= 15 is 0 Å². The number of rotatable bonds is 5. The van der Waals surface area contributed by atoms with Gasteiger partial charge in [-0.05, 0) is 48.5 Å². The van der Waals surface area contributed by atoms with Crippen molar-refractivity contribution in [3.8, 4) is 23.1 Å². The SMILES string of the molecule is O=C(Nc1nnc(-c2cc3ccccc3o2)o1)c1ccc(Oc2ccccc2)cc1. The molecule has 0 unspecified atom stereocenters. The molecule has 3 aromatic carbocycles. The monoisotopic (exact) mass is 397 g/mol. The topological polar surface area (TPSA) is 90.4 Å². The molecule has 0 bridgehead atoms. The van der Waals surface area contributed by atoms with E-state index in [1.807, 2.05) is 54.6 Å². The van der Waals surface area contributed by atoms with Crippen LogP contribution in [0.15, 0.2) is 93.8 Å². The van der Waals surface area contributed by atoms with Crippen LogP contribution in [-0.4, -0.2) is 16.1 Å². The lowest BCUT2D eigenvalue weighted by Gasteiger charge is -2.06. The van der Waals surface area contributed by atoms with Gasteiger partial charge >= 0.3 is 6.01 Å². The molecule has 2 aromatic heterocycles. The van der Waals surface area contributed by atoms with Gasteiger partial charge in [0.15, 0.2) is 5.76 Å². The van der Waals surface area contributed by atoms with Gasteiger partial charge in [-0.1, -0.05) is 41.5 Å². The van der Waals surface area contributed by atoms with Crippen molar-refractivity contribution in [2.75, 3.05) is 5.32 Å². The number of furan rings is 1. The average molecular weight is 397 g/mol. The number of anilines is 1. The smallest absolute Gasteiger partial charge is 0.322 e. The number of nitrogens with one attached hydrogen (secondary N) is 1. The second-order valence-electron chi connectivity index (χ2n) is 6.45. The van der Waals surface area contributed by atoms with Crippen LogP contribution in [0, 0.1) is 0 Å². The quantitative estimate of drug-likeness (QED) is 0.419. The highest BCUT2D eigenvalue weighted by atomic mass is 16.5. The number of carbonyl (C=O) groups excluding carboxylic acids is 1. The Morgan fingerprint density at radius 3 is 2.33 bits per heavy atom. The third-order valence-electron chi connectivity index (χ3n) is 4.38. The van der Waals surface area contributed by atoms with Crippen LogP contribution >= 0.6 is 0 Å². The summed E-state index contributed by atoms with van der Waals surface area (Å²) in [6.07, 6.45) is 0. The van der Waals surface area contributed by atoms with Crippen LogP contribution < -0.4 is 10.1 Å². The van der Waals surface area contributed by atoms with E-state index in [9.17, 15) is 4.79 Å². The Hall–Kier alpha value is -4.39. The Labute approximate surface area is 170 Å². The van der Waals surface area contributed by atoms with Gasteiger partial charge in [-0.3, -0.25) is 10.1 Å². The number of fused-ring (bicyclic) bond motifs is 1. The van der Waals surface area contributed by atoms with Gasteiger partial charge in [0.05, 0.1) is 0 Å². The molecule has 0 saturated heterocycles. The standard InChI is InChI=1S/C23H15N3O4/c27-21(15-10-12-18(13-11-15)28-17-7-2-1-3-8-17)24-23-26-25-22(30-23)20-14-16-6-4-5-9-19(16)29-20/h1-14H,(H,24,26,27). The predicted octanol–water partition coefficient (Wildman–Crippen LogP) is 5.53. The Balaban J connectivity index is 1.27. The molecule has 0 atom stereocenters. The van der Waals surface area contributed by atoms with Crippen LogP contribution in [-0.2, 0) is 0 Å². The molecular formula is C23H15N3O4.